The monoisotopic (exact) mass is 359 g/mol. The van der Waals surface area contributed by atoms with Gasteiger partial charge in [0, 0.05) is 0 Å². The van der Waals surface area contributed by atoms with Crippen molar-refractivity contribution in [2.45, 2.75) is 36.0 Å². The van der Waals surface area contributed by atoms with Crippen LogP contribution in [0.25, 0.3) is 0 Å². The summed E-state index contributed by atoms with van der Waals surface area (Å²) in [6, 6.07) is -0.388. The number of fused-ring (bicyclic) bond motifs is 1. The minimum Gasteiger partial charge on any atom is -0.457 e. The Bertz CT molecular complexity index is 438. The Labute approximate surface area is 106 Å². The van der Waals surface area contributed by atoms with Crippen LogP contribution in [0.4, 0.5) is 0 Å². The predicted molar refractivity (Wildman–Crippen MR) is 61.7 cm³/mol. The van der Waals surface area contributed by atoms with E-state index in [0.717, 1.165) is 0 Å². The summed E-state index contributed by atoms with van der Waals surface area (Å²) in [6.45, 7) is 0. The van der Waals surface area contributed by atoms with E-state index in [1.165, 1.54) is 0 Å². The first-order chi connectivity index (χ1) is 7.53. The second-order valence-corrected chi connectivity index (χ2v) is 6.88. The maximum Gasteiger partial charge on any atom is 0.316 e. The lowest BCUT2D eigenvalue weighted by atomic mass is 9.93. The van der Waals surface area contributed by atoms with Gasteiger partial charge >= 0.3 is 5.97 Å². The Morgan fingerprint density at radius 3 is 3.00 bits per heavy atom. The molecule has 0 aromatic carbocycles. The third-order valence-corrected chi connectivity index (χ3v) is 5.79. The molecule has 0 aromatic rings. The Hall–Kier alpha value is 0.0700. The summed E-state index contributed by atoms with van der Waals surface area (Å²) < 4.78 is 36.8. The topological polar surface area (TPSA) is 81.7 Å². The van der Waals surface area contributed by atoms with Crippen molar-refractivity contribution in [3.05, 3.63) is 0 Å². The lowest BCUT2D eigenvalue weighted by Crippen LogP contribution is -2.45. The minimum atomic E-state index is -3.27. The molecule has 90 valence electrons. The zero-order valence-corrected chi connectivity index (χ0v) is 11.1. The fourth-order valence-electron chi connectivity index (χ4n) is 2.70. The number of ether oxygens (including phenoxy) is 2. The number of nitrogens with one attached hydrogen (secondary N) is 1. The first kappa shape index (κ1) is 11.2. The Balaban J connectivity index is 1.84. The maximum absolute atomic E-state index is 11.6. The van der Waals surface area contributed by atoms with Crippen LogP contribution >= 0.6 is 22.6 Å². The van der Waals surface area contributed by atoms with Gasteiger partial charge in [-0.1, -0.05) is 22.6 Å². The van der Waals surface area contributed by atoms with E-state index in [2.05, 4.69) is 4.72 Å². The minimum absolute atomic E-state index is 0.258. The first-order valence-electron chi connectivity index (χ1n) is 4.95. The Morgan fingerprint density at radius 1 is 1.56 bits per heavy atom. The number of halogens is 1. The van der Waals surface area contributed by atoms with Crippen LogP contribution < -0.4 is 4.72 Å². The molecule has 3 saturated heterocycles. The number of hydrogen-bond donors (Lipinski definition) is 1. The Morgan fingerprint density at radius 2 is 2.31 bits per heavy atom. The third kappa shape index (κ3) is 1.42. The molecule has 0 aromatic heterocycles. The molecule has 6 nitrogen and oxygen atoms in total. The first-order valence-corrected chi connectivity index (χ1v) is 8.02. The number of rotatable bonds is 2. The molecule has 16 heavy (non-hydrogen) atoms. The summed E-state index contributed by atoms with van der Waals surface area (Å²) in [5.41, 5.74) is 0. The van der Waals surface area contributed by atoms with Crippen molar-refractivity contribution in [1.82, 2.24) is 4.72 Å². The van der Waals surface area contributed by atoms with Crippen molar-refractivity contribution >= 4 is 38.6 Å². The quantitative estimate of drug-likeness (QED) is 0.396. The van der Waals surface area contributed by atoms with Crippen molar-refractivity contribution < 1.29 is 22.7 Å². The molecule has 3 fully saturated rings. The van der Waals surface area contributed by atoms with Crippen LogP contribution in [0.2, 0.25) is 0 Å². The zero-order valence-electron chi connectivity index (χ0n) is 8.13. The van der Waals surface area contributed by atoms with Gasteiger partial charge in [0.05, 0.1) is 22.7 Å². The van der Waals surface area contributed by atoms with Crippen LogP contribution in [0.1, 0.15) is 6.42 Å². The highest BCUT2D eigenvalue weighted by molar-refractivity contribution is 14.1. The van der Waals surface area contributed by atoms with Crippen LogP contribution in [-0.4, -0.2) is 48.4 Å². The molecule has 3 aliphatic heterocycles. The van der Waals surface area contributed by atoms with E-state index in [0.29, 0.717) is 6.42 Å². The zero-order chi connectivity index (χ0) is 11.5. The summed E-state index contributed by atoms with van der Waals surface area (Å²) in [5, 5.41) is -0.461. The van der Waals surface area contributed by atoms with E-state index < -0.39 is 21.4 Å². The molecular weight excluding hydrogens is 349 g/mol. The van der Waals surface area contributed by atoms with Crippen LogP contribution in [0, 0.1) is 0 Å². The van der Waals surface area contributed by atoms with Crippen LogP contribution in [0.15, 0.2) is 0 Å². The second-order valence-electron chi connectivity index (χ2n) is 4.19. The lowest BCUT2D eigenvalue weighted by Gasteiger charge is -2.22. The van der Waals surface area contributed by atoms with Gasteiger partial charge in [0.1, 0.15) is 11.4 Å². The molecule has 3 heterocycles. The van der Waals surface area contributed by atoms with E-state index in [4.69, 9.17) is 9.47 Å². The molecule has 8 heteroatoms. The molecule has 0 spiro atoms. The molecule has 3 aliphatic rings. The van der Waals surface area contributed by atoms with E-state index in [1.807, 2.05) is 22.6 Å². The summed E-state index contributed by atoms with van der Waals surface area (Å²) in [6.07, 6.45) is -0.644. The highest BCUT2D eigenvalue weighted by atomic mass is 127. The molecule has 5 atom stereocenters. The molecule has 0 radical (unpaired) electrons. The number of sulfonamides is 1. The average Bonchev–Trinajstić information content (AvgIpc) is 2.81. The maximum atomic E-state index is 11.6. The highest BCUT2D eigenvalue weighted by Gasteiger charge is 2.65. The third-order valence-electron chi connectivity index (χ3n) is 3.31. The number of carbonyl (C=O) groups is 1. The smallest absolute Gasteiger partial charge is 0.316 e. The van der Waals surface area contributed by atoms with Crippen molar-refractivity contribution in [2.75, 3.05) is 4.43 Å². The molecule has 5 unspecified atom stereocenters. The van der Waals surface area contributed by atoms with E-state index in [1.54, 1.807) is 0 Å². The standard InChI is InChI=1S/C8H10INO5S/c9-2-5(11)15-7-3-1-4-8(14-3)6(7)10-16(4,12)13/h3-4,6-8,10H,1-2H2. The summed E-state index contributed by atoms with van der Waals surface area (Å²) in [5.74, 6) is -0.329. The summed E-state index contributed by atoms with van der Waals surface area (Å²) >= 11 is 1.91. The van der Waals surface area contributed by atoms with Crippen molar-refractivity contribution in [3.8, 4) is 0 Å². The van der Waals surface area contributed by atoms with Crippen molar-refractivity contribution in [1.29, 1.82) is 0 Å². The number of esters is 1. The van der Waals surface area contributed by atoms with E-state index in [-0.39, 0.29) is 28.6 Å². The van der Waals surface area contributed by atoms with E-state index >= 15 is 0 Å². The average molecular weight is 359 g/mol. The second kappa shape index (κ2) is 3.53. The van der Waals surface area contributed by atoms with Gasteiger partial charge in [0.25, 0.3) is 0 Å². The fraction of sp³-hybridized carbons (Fsp3) is 0.875. The molecule has 0 saturated carbocycles. The molecule has 0 aliphatic carbocycles. The largest absolute Gasteiger partial charge is 0.457 e. The number of alkyl halides is 1. The highest BCUT2D eigenvalue weighted by Crippen LogP contribution is 2.44. The summed E-state index contributed by atoms with van der Waals surface area (Å²) in [4.78, 5) is 11.2. The Kier molecular flexibility index (Phi) is 2.47. The fourth-order valence-corrected chi connectivity index (χ4v) is 4.73. The van der Waals surface area contributed by atoms with Crippen LogP contribution in [0.5, 0.6) is 0 Å². The van der Waals surface area contributed by atoms with Gasteiger partial charge in [-0.2, -0.15) is 0 Å². The van der Waals surface area contributed by atoms with Gasteiger partial charge in [-0.05, 0) is 6.42 Å². The van der Waals surface area contributed by atoms with Gasteiger partial charge in [-0.15, -0.1) is 0 Å². The lowest BCUT2D eigenvalue weighted by molar-refractivity contribution is -0.148. The van der Waals surface area contributed by atoms with Gasteiger partial charge in [0.2, 0.25) is 10.0 Å². The number of hydrogen-bond acceptors (Lipinski definition) is 5. The molecular formula is C8H10INO5S. The van der Waals surface area contributed by atoms with Gasteiger partial charge in [-0.3, -0.25) is 4.79 Å². The normalized spacial score (nSPS) is 47.2. The van der Waals surface area contributed by atoms with Gasteiger partial charge in [0.15, 0.2) is 0 Å². The molecule has 2 bridgehead atoms. The molecule has 0 amide bonds. The van der Waals surface area contributed by atoms with Crippen LogP contribution in [0.3, 0.4) is 0 Å². The predicted octanol–water partition coefficient (Wildman–Crippen LogP) is -0.825. The van der Waals surface area contributed by atoms with E-state index in [9.17, 15) is 13.2 Å². The van der Waals surface area contributed by atoms with Gasteiger partial charge in [-0.25, -0.2) is 13.1 Å². The SMILES string of the molecule is O=C(CI)OC1C2CC3C(O2)C1NS3(=O)=O. The van der Waals surface area contributed by atoms with Crippen LogP contribution in [-0.2, 0) is 24.3 Å². The van der Waals surface area contributed by atoms with Crippen molar-refractivity contribution in [3.63, 3.8) is 0 Å². The van der Waals surface area contributed by atoms with Crippen molar-refractivity contribution in [2.24, 2.45) is 0 Å². The molecule has 1 N–H and O–H groups in total. The summed E-state index contributed by atoms with van der Waals surface area (Å²) in [7, 11) is -3.27. The van der Waals surface area contributed by atoms with Gasteiger partial charge < -0.3 is 9.47 Å². The number of carbonyl (C=O) groups excluding carboxylic acids is 1. The molecule has 3 rings (SSSR count).